The van der Waals surface area contributed by atoms with Gasteiger partial charge in [-0.15, -0.1) is 0 Å². The predicted octanol–water partition coefficient (Wildman–Crippen LogP) is 5.23. The number of aromatic nitrogens is 1. The lowest BCUT2D eigenvalue weighted by molar-refractivity contribution is 0.00463. The number of carboxylic acid groups (broad SMARTS) is 1. The van der Waals surface area contributed by atoms with E-state index in [1.165, 1.54) is 6.07 Å². The number of methoxy groups -OCH3 is 1. The van der Waals surface area contributed by atoms with Gasteiger partial charge >= 0.3 is 12.1 Å². The van der Waals surface area contributed by atoms with Gasteiger partial charge in [0, 0.05) is 12.2 Å². The fraction of sp³-hybridized carbons (Fsp3) is 0.480. The van der Waals surface area contributed by atoms with Gasteiger partial charge in [-0.3, -0.25) is 4.90 Å². The van der Waals surface area contributed by atoms with Gasteiger partial charge in [-0.1, -0.05) is 31.9 Å². The summed E-state index contributed by atoms with van der Waals surface area (Å²) in [7, 11) is 1.64. The minimum atomic E-state index is -1.09. The van der Waals surface area contributed by atoms with E-state index in [2.05, 4.69) is 11.9 Å². The van der Waals surface area contributed by atoms with Crippen molar-refractivity contribution in [1.82, 2.24) is 9.88 Å². The molecule has 7 heteroatoms. The molecule has 2 heterocycles. The first kappa shape index (κ1) is 23.6. The van der Waals surface area contributed by atoms with E-state index in [1.807, 2.05) is 43.9 Å². The molecule has 0 bridgehead atoms. The van der Waals surface area contributed by atoms with Crippen molar-refractivity contribution in [2.75, 3.05) is 7.11 Å². The summed E-state index contributed by atoms with van der Waals surface area (Å²) in [5, 5.41) is 9.25. The highest BCUT2D eigenvalue weighted by atomic mass is 16.6. The predicted molar refractivity (Wildman–Crippen MR) is 121 cm³/mol. The van der Waals surface area contributed by atoms with Gasteiger partial charge in [0.1, 0.15) is 17.0 Å². The molecule has 3 rings (SSSR count). The smallest absolute Gasteiger partial charge is 0.411 e. The largest absolute Gasteiger partial charge is 0.497 e. The molecule has 0 saturated carbocycles. The van der Waals surface area contributed by atoms with Crippen molar-refractivity contribution in [3.63, 3.8) is 0 Å². The first-order chi connectivity index (χ1) is 15.1. The first-order valence-electron chi connectivity index (χ1n) is 11.0. The van der Waals surface area contributed by atoms with Gasteiger partial charge in [-0.25, -0.2) is 14.6 Å². The average Bonchev–Trinajstić information content (AvgIpc) is 2.74. The minimum Gasteiger partial charge on any atom is -0.497 e. The Bertz CT molecular complexity index is 965. The Morgan fingerprint density at radius 2 is 1.97 bits per heavy atom. The molecule has 1 aromatic carbocycles. The zero-order valence-corrected chi connectivity index (χ0v) is 19.4. The molecule has 1 aliphatic heterocycles. The van der Waals surface area contributed by atoms with Crippen LogP contribution in [0.15, 0.2) is 36.5 Å². The van der Waals surface area contributed by atoms with Crippen LogP contribution in [-0.2, 0) is 11.2 Å². The number of aromatic carboxylic acids is 1. The molecule has 1 amide bonds. The molecule has 2 atom stereocenters. The molecule has 32 heavy (non-hydrogen) atoms. The Labute approximate surface area is 189 Å². The lowest BCUT2D eigenvalue weighted by Gasteiger charge is -2.44. The number of nitrogens with zero attached hydrogens (tertiary/aromatic N) is 2. The van der Waals surface area contributed by atoms with Crippen LogP contribution >= 0.6 is 0 Å². The van der Waals surface area contributed by atoms with Crippen molar-refractivity contribution in [2.24, 2.45) is 0 Å². The number of rotatable bonds is 6. The van der Waals surface area contributed by atoms with Crippen LogP contribution in [0, 0.1) is 0 Å². The van der Waals surface area contributed by atoms with Crippen LogP contribution in [0.25, 0.3) is 0 Å². The average molecular weight is 441 g/mol. The summed E-state index contributed by atoms with van der Waals surface area (Å²) >= 11 is 0. The second kappa shape index (κ2) is 9.59. The van der Waals surface area contributed by atoms with Gasteiger partial charge in [0.25, 0.3) is 0 Å². The van der Waals surface area contributed by atoms with Crippen molar-refractivity contribution >= 4 is 12.1 Å². The standard InChI is InChI=1S/C25H32N2O5/c1-6-7-8-18-13-17-14-19(31-5)10-11-20(17)22(27(18)24(30)32-25(2,3)4)16-9-12-21(23(28)29)26-15-16/h9-12,14-15,18,22H,6-8,13H2,1-5H3,(H,28,29)/t18-,22-/m0/s1. The van der Waals surface area contributed by atoms with Gasteiger partial charge < -0.3 is 14.6 Å². The topological polar surface area (TPSA) is 89.0 Å². The summed E-state index contributed by atoms with van der Waals surface area (Å²) in [5.41, 5.74) is 2.15. The van der Waals surface area contributed by atoms with E-state index in [9.17, 15) is 14.7 Å². The van der Waals surface area contributed by atoms with Crippen molar-refractivity contribution in [3.05, 3.63) is 58.9 Å². The van der Waals surface area contributed by atoms with E-state index >= 15 is 0 Å². The Balaban J connectivity index is 2.14. The minimum absolute atomic E-state index is 0.0362. The molecule has 2 aromatic rings. The monoisotopic (exact) mass is 440 g/mol. The number of amides is 1. The quantitative estimate of drug-likeness (QED) is 0.662. The van der Waals surface area contributed by atoms with Crippen LogP contribution in [-0.4, -0.2) is 45.8 Å². The van der Waals surface area contributed by atoms with Gasteiger partial charge in [-0.2, -0.15) is 0 Å². The summed E-state index contributed by atoms with van der Waals surface area (Å²) in [5.74, 6) is -0.322. The molecule has 0 unspecified atom stereocenters. The number of pyridine rings is 1. The molecule has 0 spiro atoms. The number of unbranched alkanes of at least 4 members (excludes halogenated alkanes) is 1. The molecule has 0 saturated heterocycles. The lowest BCUT2D eigenvalue weighted by Crippen LogP contribution is -2.49. The number of benzene rings is 1. The molecule has 1 N–H and O–H groups in total. The van der Waals surface area contributed by atoms with Crippen molar-refractivity contribution in [1.29, 1.82) is 0 Å². The molecular weight excluding hydrogens is 408 g/mol. The normalized spacial score (nSPS) is 18.1. The Morgan fingerprint density at radius 3 is 2.53 bits per heavy atom. The molecule has 1 aromatic heterocycles. The Kier molecular flexibility index (Phi) is 7.06. The third-order valence-electron chi connectivity index (χ3n) is 5.59. The number of hydrogen-bond donors (Lipinski definition) is 1. The van der Waals surface area contributed by atoms with Crippen LogP contribution in [0.4, 0.5) is 4.79 Å². The number of hydrogen-bond acceptors (Lipinski definition) is 5. The summed E-state index contributed by atoms with van der Waals surface area (Å²) in [6.45, 7) is 7.69. The maximum absolute atomic E-state index is 13.4. The first-order valence-corrected chi connectivity index (χ1v) is 11.0. The maximum Gasteiger partial charge on any atom is 0.411 e. The van der Waals surface area contributed by atoms with Gasteiger partial charge in [-0.05, 0) is 68.5 Å². The number of carbonyl (C=O) groups is 2. The van der Waals surface area contributed by atoms with Crippen LogP contribution in [0.3, 0.4) is 0 Å². The van der Waals surface area contributed by atoms with E-state index in [-0.39, 0.29) is 17.8 Å². The van der Waals surface area contributed by atoms with Crippen LogP contribution in [0.2, 0.25) is 0 Å². The molecule has 1 aliphatic rings. The van der Waals surface area contributed by atoms with E-state index in [0.29, 0.717) is 6.42 Å². The van der Waals surface area contributed by atoms with Crippen molar-refractivity contribution < 1.29 is 24.2 Å². The summed E-state index contributed by atoms with van der Waals surface area (Å²) in [6.07, 6.45) is 4.69. The zero-order chi connectivity index (χ0) is 23.5. The number of carboxylic acids is 1. The third-order valence-corrected chi connectivity index (χ3v) is 5.59. The van der Waals surface area contributed by atoms with Crippen LogP contribution in [0.1, 0.15) is 80.2 Å². The molecule has 7 nitrogen and oxygen atoms in total. The summed E-state index contributed by atoms with van der Waals surface area (Å²) < 4.78 is 11.2. The fourth-order valence-corrected chi connectivity index (χ4v) is 4.15. The highest BCUT2D eigenvalue weighted by Gasteiger charge is 2.40. The molecule has 0 fully saturated rings. The van der Waals surface area contributed by atoms with Gasteiger partial charge in [0.05, 0.1) is 13.2 Å². The summed E-state index contributed by atoms with van der Waals surface area (Å²) in [4.78, 5) is 30.7. The molecule has 172 valence electrons. The van der Waals surface area contributed by atoms with Crippen LogP contribution in [0.5, 0.6) is 5.75 Å². The van der Waals surface area contributed by atoms with Crippen molar-refractivity contribution in [2.45, 2.75) is 71.1 Å². The van der Waals surface area contributed by atoms with E-state index in [4.69, 9.17) is 9.47 Å². The van der Waals surface area contributed by atoms with Crippen LogP contribution < -0.4 is 4.74 Å². The number of carbonyl (C=O) groups excluding carboxylic acids is 1. The molecule has 0 aliphatic carbocycles. The molecule has 0 radical (unpaired) electrons. The van der Waals surface area contributed by atoms with E-state index in [1.54, 1.807) is 19.4 Å². The highest BCUT2D eigenvalue weighted by molar-refractivity contribution is 5.85. The highest BCUT2D eigenvalue weighted by Crippen LogP contribution is 2.41. The maximum atomic E-state index is 13.4. The molecular formula is C25H32N2O5. The Morgan fingerprint density at radius 1 is 1.22 bits per heavy atom. The van der Waals surface area contributed by atoms with Gasteiger partial charge in [0.15, 0.2) is 0 Å². The Hall–Kier alpha value is -3.09. The second-order valence-corrected chi connectivity index (χ2v) is 9.14. The number of ether oxygens (including phenoxy) is 2. The van der Waals surface area contributed by atoms with Crippen molar-refractivity contribution in [3.8, 4) is 5.75 Å². The fourth-order valence-electron chi connectivity index (χ4n) is 4.15. The zero-order valence-electron chi connectivity index (χ0n) is 19.4. The van der Waals surface area contributed by atoms with Gasteiger partial charge in [0.2, 0.25) is 0 Å². The number of fused-ring (bicyclic) bond motifs is 1. The van der Waals surface area contributed by atoms with E-state index < -0.39 is 17.6 Å². The lowest BCUT2D eigenvalue weighted by atomic mass is 9.83. The third kappa shape index (κ3) is 5.21. The van der Waals surface area contributed by atoms with E-state index in [0.717, 1.165) is 41.7 Å². The SMILES string of the molecule is CCCC[C@H]1Cc2cc(OC)ccc2[C@H](c2ccc(C(=O)O)nc2)N1C(=O)OC(C)(C)C. The second-order valence-electron chi connectivity index (χ2n) is 9.14. The summed E-state index contributed by atoms with van der Waals surface area (Å²) in [6, 6.07) is 8.58.